The average Bonchev–Trinajstić information content (AvgIpc) is 2.83. The van der Waals surface area contributed by atoms with Gasteiger partial charge >= 0.3 is 0 Å². The number of H-pyrrole nitrogens is 1. The van der Waals surface area contributed by atoms with Crippen molar-refractivity contribution in [3.63, 3.8) is 0 Å². The van der Waals surface area contributed by atoms with Gasteiger partial charge in [0.15, 0.2) is 0 Å². The van der Waals surface area contributed by atoms with Crippen molar-refractivity contribution in [1.82, 2.24) is 15.5 Å². The van der Waals surface area contributed by atoms with Crippen molar-refractivity contribution in [2.75, 3.05) is 18.6 Å². The zero-order valence-corrected chi connectivity index (χ0v) is 11.4. The summed E-state index contributed by atoms with van der Waals surface area (Å²) in [4.78, 5) is 0. The maximum absolute atomic E-state index is 13.7. The van der Waals surface area contributed by atoms with E-state index in [0.29, 0.717) is 17.8 Å². The summed E-state index contributed by atoms with van der Waals surface area (Å²) in [7, 11) is 0. The number of rotatable bonds is 6. The number of nitrogens with one attached hydrogen (secondary N) is 2. The van der Waals surface area contributed by atoms with Gasteiger partial charge in [0.2, 0.25) is 0 Å². The van der Waals surface area contributed by atoms with E-state index in [-0.39, 0.29) is 0 Å². The molecule has 0 saturated heterocycles. The average molecular weight is 283 g/mol. The quantitative estimate of drug-likeness (QED) is 0.801. The van der Waals surface area contributed by atoms with Gasteiger partial charge in [-0.25, -0.2) is 8.78 Å². The Bertz CT molecular complexity index is 542. The molecule has 2 N–H and O–H groups in total. The topological polar surface area (TPSA) is 40.7 Å². The number of nitrogens with zero attached hydrogens (tertiary/aromatic N) is 1. The number of hydrogen-bond donors (Lipinski definition) is 2. The SMILES string of the molecule is CSCCNCc1cn[nH]c1-c1ccc(F)cc1F. The molecule has 2 aromatic rings. The molecule has 0 aliphatic heterocycles. The molecular formula is C13H15F2N3S. The molecule has 0 aliphatic rings. The minimum Gasteiger partial charge on any atom is -0.312 e. The van der Waals surface area contributed by atoms with Crippen LogP contribution >= 0.6 is 11.8 Å². The first-order valence-electron chi connectivity index (χ1n) is 5.89. The minimum absolute atomic E-state index is 0.334. The second kappa shape index (κ2) is 6.68. The molecule has 3 nitrogen and oxygen atoms in total. The van der Waals surface area contributed by atoms with Crippen LogP contribution in [0.3, 0.4) is 0 Å². The van der Waals surface area contributed by atoms with E-state index < -0.39 is 11.6 Å². The molecule has 0 fully saturated rings. The molecule has 0 spiro atoms. The number of thioether (sulfide) groups is 1. The van der Waals surface area contributed by atoms with Gasteiger partial charge in [0, 0.05) is 36.0 Å². The maximum atomic E-state index is 13.7. The van der Waals surface area contributed by atoms with Crippen molar-refractivity contribution in [2.45, 2.75) is 6.54 Å². The van der Waals surface area contributed by atoms with Crippen LogP contribution in [0.15, 0.2) is 24.4 Å². The highest BCUT2D eigenvalue weighted by Gasteiger charge is 2.12. The number of hydrogen-bond acceptors (Lipinski definition) is 3. The lowest BCUT2D eigenvalue weighted by atomic mass is 10.1. The second-order valence-corrected chi connectivity index (χ2v) is 5.05. The Hall–Kier alpha value is -1.40. The van der Waals surface area contributed by atoms with Gasteiger partial charge in [0.05, 0.1) is 11.9 Å². The number of halogens is 2. The largest absolute Gasteiger partial charge is 0.312 e. The summed E-state index contributed by atoms with van der Waals surface area (Å²) in [5.74, 6) is -0.159. The Balaban J connectivity index is 2.14. The van der Waals surface area contributed by atoms with Crippen molar-refractivity contribution < 1.29 is 8.78 Å². The molecule has 1 aromatic heterocycles. The molecule has 102 valence electrons. The molecule has 1 aromatic carbocycles. The third-order valence-corrected chi connectivity index (χ3v) is 3.33. The van der Waals surface area contributed by atoms with Crippen LogP contribution in [-0.2, 0) is 6.54 Å². The Morgan fingerprint density at radius 2 is 2.21 bits per heavy atom. The number of benzene rings is 1. The predicted octanol–water partition coefficient (Wildman–Crippen LogP) is 2.81. The van der Waals surface area contributed by atoms with Crippen LogP contribution in [0.25, 0.3) is 11.3 Å². The lowest BCUT2D eigenvalue weighted by Gasteiger charge is -2.06. The molecule has 6 heteroatoms. The van der Waals surface area contributed by atoms with E-state index in [1.165, 1.54) is 12.1 Å². The third kappa shape index (κ3) is 3.54. The van der Waals surface area contributed by atoms with Crippen LogP contribution in [-0.4, -0.2) is 28.8 Å². The summed E-state index contributed by atoms with van der Waals surface area (Å²) in [6.45, 7) is 1.47. The van der Waals surface area contributed by atoms with Crippen molar-refractivity contribution in [3.8, 4) is 11.3 Å². The van der Waals surface area contributed by atoms with E-state index in [4.69, 9.17) is 0 Å². The number of aromatic amines is 1. The molecule has 0 unspecified atom stereocenters. The molecule has 1 heterocycles. The highest BCUT2D eigenvalue weighted by Crippen LogP contribution is 2.24. The minimum atomic E-state index is -0.588. The van der Waals surface area contributed by atoms with Crippen LogP contribution in [0.5, 0.6) is 0 Å². The summed E-state index contributed by atoms with van der Waals surface area (Å²) in [6, 6.07) is 3.54. The van der Waals surface area contributed by atoms with Gasteiger partial charge in [-0.05, 0) is 18.4 Å². The van der Waals surface area contributed by atoms with Crippen molar-refractivity contribution in [3.05, 3.63) is 41.6 Å². The predicted molar refractivity (Wildman–Crippen MR) is 74.0 cm³/mol. The molecule has 0 amide bonds. The van der Waals surface area contributed by atoms with Gasteiger partial charge in [-0.2, -0.15) is 16.9 Å². The number of aromatic nitrogens is 2. The summed E-state index contributed by atoms with van der Waals surface area (Å²) < 4.78 is 26.6. The Morgan fingerprint density at radius 3 is 2.95 bits per heavy atom. The van der Waals surface area contributed by atoms with E-state index in [0.717, 1.165) is 23.9 Å². The van der Waals surface area contributed by atoms with Gasteiger partial charge in [0.25, 0.3) is 0 Å². The van der Waals surface area contributed by atoms with Gasteiger partial charge in [-0.3, -0.25) is 5.10 Å². The standard InChI is InChI=1S/C13H15F2N3S/c1-19-5-4-16-7-9-8-17-18-13(9)11-3-2-10(14)6-12(11)15/h2-3,6,8,16H,4-5,7H2,1H3,(H,17,18). The van der Waals surface area contributed by atoms with Gasteiger partial charge in [-0.15, -0.1) is 0 Å². The van der Waals surface area contributed by atoms with Crippen LogP contribution in [0.1, 0.15) is 5.56 Å². The molecule has 0 radical (unpaired) electrons. The van der Waals surface area contributed by atoms with Crippen LogP contribution < -0.4 is 5.32 Å². The zero-order chi connectivity index (χ0) is 13.7. The molecule has 0 bridgehead atoms. The maximum Gasteiger partial charge on any atom is 0.135 e. The van der Waals surface area contributed by atoms with E-state index >= 15 is 0 Å². The van der Waals surface area contributed by atoms with Gasteiger partial charge in [-0.1, -0.05) is 0 Å². The first-order valence-corrected chi connectivity index (χ1v) is 7.29. The molecule has 0 atom stereocenters. The van der Waals surface area contributed by atoms with E-state index in [9.17, 15) is 8.78 Å². The molecule has 2 rings (SSSR count). The second-order valence-electron chi connectivity index (χ2n) is 4.06. The first-order chi connectivity index (χ1) is 9.22. The summed E-state index contributed by atoms with van der Waals surface area (Å²) >= 11 is 1.76. The fourth-order valence-electron chi connectivity index (χ4n) is 1.77. The van der Waals surface area contributed by atoms with Crippen molar-refractivity contribution in [2.24, 2.45) is 0 Å². The highest BCUT2D eigenvalue weighted by molar-refractivity contribution is 7.98. The summed E-state index contributed by atoms with van der Waals surface area (Å²) in [5.41, 5.74) is 1.79. The van der Waals surface area contributed by atoms with Crippen molar-refractivity contribution in [1.29, 1.82) is 0 Å². The monoisotopic (exact) mass is 283 g/mol. The van der Waals surface area contributed by atoms with Crippen molar-refractivity contribution >= 4 is 11.8 Å². The van der Waals surface area contributed by atoms with E-state index in [2.05, 4.69) is 15.5 Å². The van der Waals surface area contributed by atoms with Crippen LogP contribution in [0, 0.1) is 11.6 Å². The fourth-order valence-corrected chi connectivity index (χ4v) is 2.12. The highest BCUT2D eigenvalue weighted by atomic mass is 32.2. The molecule has 0 aliphatic carbocycles. The lowest BCUT2D eigenvalue weighted by Crippen LogP contribution is -2.16. The lowest BCUT2D eigenvalue weighted by molar-refractivity contribution is 0.585. The van der Waals surface area contributed by atoms with Gasteiger partial charge in [0.1, 0.15) is 11.6 Å². The third-order valence-electron chi connectivity index (χ3n) is 2.72. The summed E-state index contributed by atoms with van der Waals surface area (Å²) in [6.07, 6.45) is 3.70. The normalized spacial score (nSPS) is 10.9. The van der Waals surface area contributed by atoms with Crippen LogP contribution in [0.2, 0.25) is 0 Å². The Morgan fingerprint density at radius 1 is 1.37 bits per heavy atom. The molecule has 0 saturated carbocycles. The summed E-state index contributed by atoms with van der Waals surface area (Å²) in [5, 5.41) is 9.95. The Labute approximate surface area is 114 Å². The van der Waals surface area contributed by atoms with Crippen LogP contribution in [0.4, 0.5) is 8.78 Å². The molecule has 19 heavy (non-hydrogen) atoms. The zero-order valence-electron chi connectivity index (χ0n) is 10.5. The fraction of sp³-hybridized carbons (Fsp3) is 0.308. The smallest absolute Gasteiger partial charge is 0.135 e. The Kier molecular flexibility index (Phi) is 4.93. The van der Waals surface area contributed by atoms with E-state index in [1.54, 1.807) is 18.0 Å². The molecular weight excluding hydrogens is 268 g/mol. The van der Waals surface area contributed by atoms with E-state index in [1.807, 2.05) is 6.26 Å². The van der Waals surface area contributed by atoms with Gasteiger partial charge < -0.3 is 5.32 Å². The first kappa shape index (κ1) is 14.0.